The van der Waals surface area contributed by atoms with E-state index >= 15 is 0 Å². The molecule has 3 rings (SSSR count). The Labute approximate surface area is 175 Å². The van der Waals surface area contributed by atoms with Crippen LogP contribution in [0.3, 0.4) is 0 Å². The third-order valence-electron chi connectivity index (χ3n) is 3.98. The maximum Gasteiger partial charge on any atom is 0.191 e. The van der Waals surface area contributed by atoms with E-state index in [-0.39, 0.29) is 24.0 Å². The molecule has 0 spiro atoms. The molecule has 0 saturated carbocycles. The number of rotatable bonds is 7. The zero-order chi connectivity index (χ0) is 17.5. The van der Waals surface area contributed by atoms with Crippen molar-refractivity contribution < 1.29 is 0 Å². The lowest BCUT2D eigenvalue weighted by atomic mass is 10.3. The van der Waals surface area contributed by atoms with Crippen LogP contribution in [-0.4, -0.2) is 34.1 Å². The Balaban J connectivity index is 0.00000243. The Hall–Kier alpha value is -1.68. The van der Waals surface area contributed by atoms with Gasteiger partial charge < -0.3 is 15.2 Å². The van der Waals surface area contributed by atoms with Gasteiger partial charge in [-0.15, -0.1) is 35.3 Å². The third kappa shape index (κ3) is 5.41. The summed E-state index contributed by atoms with van der Waals surface area (Å²) in [5, 5.41) is 7.75. The highest BCUT2D eigenvalue weighted by Gasteiger charge is 2.03. The molecule has 0 fully saturated rings. The molecule has 0 unspecified atom stereocenters. The molecule has 26 heavy (non-hydrogen) atoms. The van der Waals surface area contributed by atoms with Crippen LogP contribution >= 0.6 is 35.3 Å². The van der Waals surface area contributed by atoms with Crippen molar-refractivity contribution in [1.29, 1.82) is 0 Å². The van der Waals surface area contributed by atoms with Crippen molar-refractivity contribution in [3.8, 4) is 0 Å². The quantitative estimate of drug-likeness (QED) is 0.234. The van der Waals surface area contributed by atoms with E-state index in [1.807, 2.05) is 30.7 Å². The van der Waals surface area contributed by atoms with Gasteiger partial charge in [-0.3, -0.25) is 4.99 Å². The Morgan fingerprint density at radius 3 is 2.85 bits per heavy atom. The summed E-state index contributed by atoms with van der Waals surface area (Å²) >= 11 is 1.75. The molecule has 6 nitrogen and oxygen atoms in total. The van der Waals surface area contributed by atoms with Gasteiger partial charge in [0.1, 0.15) is 5.01 Å². The first-order valence-corrected chi connectivity index (χ1v) is 9.39. The van der Waals surface area contributed by atoms with Gasteiger partial charge in [-0.1, -0.05) is 19.1 Å². The fourth-order valence-corrected chi connectivity index (χ4v) is 3.42. The molecule has 140 valence electrons. The summed E-state index contributed by atoms with van der Waals surface area (Å²) in [6.45, 7) is 4.63. The number of imidazole rings is 1. The fraction of sp³-hybridized carbons (Fsp3) is 0.389. The lowest BCUT2D eigenvalue weighted by Gasteiger charge is -2.11. The highest BCUT2D eigenvalue weighted by molar-refractivity contribution is 14.0. The van der Waals surface area contributed by atoms with Crippen molar-refractivity contribution in [2.45, 2.75) is 32.9 Å². The summed E-state index contributed by atoms with van der Waals surface area (Å²) in [6.07, 6.45) is 5.89. The first-order chi connectivity index (χ1) is 12.3. The number of hydrogen-bond donors (Lipinski definition) is 2. The molecule has 0 aliphatic carbocycles. The van der Waals surface area contributed by atoms with Gasteiger partial charge >= 0.3 is 0 Å². The molecule has 0 atom stereocenters. The van der Waals surface area contributed by atoms with E-state index in [2.05, 4.69) is 43.2 Å². The van der Waals surface area contributed by atoms with Gasteiger partial charge in [-0.2, -0.15) is 0 Å². The second-order valence-corrected chi connectivity index (χ2v) is 6.91. The molecule has 0 aliphatic rings. The normalized spacial score (nSPS) is 11.4. The first kappa shape index (κ1) is 20.6. The minimum atomic E-state index is 0. The summed E-state index contributed by atoms with van der Waals surface area (Å²) in [7, 11) is 1.79. The predicted octanol–water partition coefficient (Wildman–Crippen LogP) is 3.43. The van der Waals surface area contributed by atoms with E-state index in [0.29, 0.717) is 6.54 Å². The number of halogens is 1. The van der Waals surface area contributed by atoms with Crippen molar-refractivity contribution in [3.05, 3.63) is 46.7 Å². The lowest BCUT2D eigenvalue weighted by Crippen LogP contribution is -2.37. The average molecular weight is 484 g/mol. The second kappa shape index (κ2) is 10.5. The summed E-state index contributed by atoms with van der Waals surface area (Å²) < 4.78 is 2.19. The molecule has 0 aliphatic heterocycles. The summed E-state index contributed by atoms with van der Waals surface area (Å²) in [6, 6.07) is 8.21. The van der Waals surface area contributed by atoms with Gasteiger partial charge in [0.2, 0.25) is 0 Å². The number of guanidine groups is 1. The molecule has 0 saturated heterocycles. The van der Waals surface area contributed by atoms with Crippen LogP contribution in [0.25, 0.3) is 11.0 Å². The van der Waals surface area contributed by atoms with E-state index in [1.54, 1.807) is 18.4 Å². The van der Waals surface area contributed by atoms with E-state index in [9.17, 15) is 0 Å². The SMILES string of the molecule is CCc1cnc(CNC(=NC)NCCCn2cnc3ccccc32)s1.I. The number of aryl methyl sites for hydroxylation is 2. The zero-order valence-electron chi connectivity index (χ0n) is 15.1. The lowest BCUT2D eigenvalue weighted by molar-refractivity contribution is 0.637. The Bertz CT molecular complexity index is 841. The number of nitrogens with zero attached hydrogens (tertiary/aromatic N) is 4. The Morgan fingerprint density at radius 2 is 2.08 bits per heavy atom. The number of thiazole rings is 1. The molecule has 2 aromatic heterocycles. The number of aliphatic imine (C=N–C) groups is 1. The molecule has 0 radical (unpaired) electrons. The molecular weight excluding hydrogens is 459 g/mol. The maximum absolute atomic E-state index is 4.42. The number of benzene rings is 1. The van der Waals surface area contributed by atoms with Crippen LogP contribution in [0.5, 0.6) is 0 Å². The summed E-state index contributed by atoms with van der Waals surface area (Å²) in [5.41, 5.74) is 2.23. The second-order valence-electron chi connectivity index (χ2n) is 5.71. The topological polar surface area (TPSA) is 67.1 Å². The number of aromatic nitrogens is 3. The highest BCUT2D eigenvalue weighted by Crippen LogP contribution is 2.13. The van der Waals surface area contributed by atoms with E-state index in [0.717, 1.165) is 42.4 Å². The van der Waals surface area contributed by atoms with Crippen molar-refractivity contribution in [2.24, 2.45) is 4.99 Å². The van der Waals surface area contributed by atoms with Crippen molar-refractivity contribution in [2.75, 3.05) is 13.6 Å². The summed E-state index contributed by atoms with van der Waals surface area (Å²) in [5.74, 6) is 0.809. The molecule has 8 heteroatoms. The van der Waals surface area contributed by atoms with Crippen LogP contribution in [0, 0.1) is 0 Å². The zero-order valence-corrected chi connectivity index (χ0v) is 18.3. The van der Waals surface area contributed by atoms with Gasteiger partial charge in [-0.25, -0.2) is 9.97 Å². The predicted molar refractivity (Wildman–Crippen MR) is 119 cm³/mol. The van der Waals surface area contributed by atoms with Crippen molar-refractivity contribution >= 4 is 52.3 Å². The molecule has 3 aromatic rings. The minimum Gasteiger partial charge on any atom is -0.356 e. The number of fused-ring (bicyclic) bond motifs is 1. The van der Waals surface area contributed by atoms with Crippen molar-refractivity contribution in [3.63, 3.8) is 0 Å². The molecule has 2 heterocycles. The van der Waals surface area contributed by atoms with Gasteiger partial charge in [-0.05, 0) is 25.0 Å². The highest BCUT2D eigenvalue weighted by atomic mass is 127. The maximum atomic E-state index is 4.42. The van der Waals surface area contributed by atoms with E-state index < -0.39 is 0 Å². The molecule has 1 aromatic carbocycles. The van der Waals surface area contributed by atoms with Gasteiger partial charge in [0.05, 0.1) is 23.9 Å². The number of hydrogen-bond acceptors (Lipinski definition) is 4. The van der Waals surface area contributed by atoms with Crippen LogP contribution in [0.1, 0.15) is 23.2 Å². The van der Waals surface area contributed by atoms with Crippen LogP contribution in [0.4, 0.5) is 0 Å². The Morgan fingerprint density at radius 1 is 1.23 bits per heavy atom. The Kier molecular flexibility index (Phi) is 8.30. The number of para-hydroxylation sites is 2. The van der Waals surface area contributed by atoms with Gasteiger partial charge in [0.25, 0.3) is 0 Å². The molecule has 0 amide bonds. The third-order valence-corrected chi connectivity index (χ3v) is 5.12. The summed E-state index contributed by atoms with van der Waals surface area (Å²) in [4.78, 5) is 14.4. The van der Waals surface area contributed by atoms with Crippen LogP contribution in [0.15, 0.2) is 41.8 Å². The molecule has 0 bridgehead atoms. The number of nitrogens with one attached hydrogen (secondary N) is 2. The van der Waals surface area contributed by atoms with Crippen LogP contribution in [0.2, 0.25) is 0 Å². The van der Waals surface area contributed by atoms with E-state index in [4.69, 9.17) is 0 Å². The average Bonchev–Trinajstić information content (AvgIpc) is 3.28. The standard InChI is InChI=1S/C18H24N6S.HI/c1-3-14-11-21-17(25-14)12-22-18(19-2)20-9-6-10-24-13-23-15-7-4-5-8-16(15)24;/h4-5,7-8,11,13H,3,6,9-10,12H2,1-2H3,(H2,19,20,22);1H. The fourth-order valence-electron chi connectivity index (χ4n) is 2.62. The molecule has 2 N–H and O–H groups in total. The van der Waals surface area contributed by atoms with E-state index in [1.165, 1.54) is 10.4 Å². The molecular formula is C18H25IN6S. The van der Waals surface area contributed by atoms with Gasteiger partial charge in [0.15, 0.2) is 5.96 Å². The monoisotopic (exact) mass is 484 g/mol. The van der Waals surface area contributed by atoms with Crippen LogP contribution < -0.4 is 10.6 Å². The van der Waals surface area contributed by atoms with Crippen LogP contribution in [-0.2, 0) is 19.5 Å². The largest absolute Gasteiger partial charge is 0.356 e. The van der Waals surface area contributed by atoms with Crippen molar-refractivity contribution in [1.82, 2.24) is 25.2 Å². The smallest absolute Gasteiger partial charge is 0.191 e. The first-order valence-electron chi connectivity index (χ1n) is 8.58. The van der Waals surface area contributed by atoms with Gasteiger partial charge in [0, 0.05) is 31.2 Å². The minimum absolute atomic E-state index is 0.